The highest BCUT2D eigenvalue weighted by Crippen LogP contribution is 2.53. The second-order valence-electron chi connectivity index (χ2n) is 10.7. The molecule has 2 atom stereocenters. The van der Waals surface area contributed by atoms with Gasteiger partial charge in [0.05, 0.1) is 12.4 Å². The Kier molecular flexibility index (Phi) is 8.11. The number of likely N-dealkylation sites (tertiary alicyclic amines) is 1. The highest BCUT2D eigenvalue weighted by atomic mass is 32.2. The Morgan fingerprint density at radius 2 is 1.78 bits per heavy atom. The van der Waals surface area contributed by atoms with Crippen molar-refractivity contribution >= 4 is 16.1 Å². The molecule has 1 saturated carbocycles. The molecule has 0 aromatic heterocycles. The van der Waals surface area contributed by atoms with E-state index in [0.29, 0.717) is 37.8 Å². The zero-order chi connectivity index (χ0) is 26.1. The number of piperidine rings is 2. The monoisotopic (exact) mass is 530 g/mol. The molecule has 1 aromatic carbocycles. The predicted octanol–water partition coefficient (Wildman–Crippen LogP) is 3.79. The lowest BCUT2D eigenvalue weighted by Crippen LogP contribution is -2.50. The standard InChI is InChI=1S/C25H36F2N2O6S/c1-25(6-7-25)22-13-17(3-10-29(22)24(31)32)16-35-23-20(26)14-19(15-21(23)27)18-4-8-28(9-5-18)36(33,34)12-2-11-30/h14-15,17-18,22,30H,2-13,16H2,1H3,(H,31,32). The number of carbonyl (C=O) groups is 1. The van der Waals surface area contributed by atoms with Gasteiger partial charge in [-0.05, 0) is 79.9 Å². The van der Waals surface area contributed by atoms with Crippen LogP contribution in [0.1, 0.15) is 63.4 Å². The summed E-state index contributed by atoms with van der Waals surface area (Å²) in [5, 5.41) is 18.4. The Bertz CT molecular complexity index is 1030. The van der Waals surface area contributed by atoms with Gasteiger partial charge in [-0.1, -0.05) is 6.92 Å². The van der Waals surface area contributed by atoms with E-state index >= 15 is 0 Å². The number of halogens is 2. The van der Waals surface area contributed by atoms with Crippen LogP contribution in [0.2, 0.25) is 0 Å². The van der Waals surface area contributed by atoms with Crippen LogP contribution < -0.4 is 4.74 Å². The van der Waals surface area contributed by atoms with E-state index in [1.807, 2.05) is 0 Å². The van der Waals surface area contributed by atoms with Crippen LogP contribution >= 0.6 is 0 Å². The second kappa shape index (κ2) is 10.8. The number of aliphatic hydroxyl groups is 1. The molecule has 3 aliphatic rings. The molecule has 1 aromatic rings. The average molecular weight is 531 g/mol. The Hall–Kier alpha value is -1.98. The number of sulfonamides is 1. The minimum absolute atomic E-state index is 0.0126. The van der Waals surface area contributed by atoms with Crippen molar-refractivity contribution in [3.05, 3.63) is 29.3 Å². The van der Waals surface area contributed by atoms with E-state index in [2.05, 4.69) is 6.92 Å². The van der Waals surface area contributed by atoms with E-state index in [1.165, 1.54) is 21.3 Å². The largest absolute Gasteiger partial charge is 0.487 e. The van der Waals surface area contributed by atoms with Crippen LogP contribution in [0.15, 0.2) is 12.1 Å². The number of aliphatic hydroxyl groups excluding tert-OH is 1. The van der Waals surface area contributed by atoms with Gasteiger partial charge in [-0.3, -0.25) is 0 Å². The molecule has 0 bridgehead atoms. The zero-order valence-electron chi connectivity index (χ0n) is 20.7. The fourth-order valence-electron chi connectivity index (χ4n) is 5.61. The molecule has 11 heteroatoms. The maximum absolute atomic E-state index is 14.9. The van der Waals surface area contributed by atoms with Gasteiger partial charge >= 0.3 is 6.09 Å². The normalized spacial score (nSPS) is 25.1. The lowest BCUT2D eigenvalue weighted by atomic mass is 9.83. The molecule has 2 saturated heterocycles. The van der Waals surface area contributed by atoms with E-state index in [1.54, 1.807) is 0 Å². The highest BCUT2D eigenvalue weighted by Gasteiger charge is 2.50. The van der Waals surface area contributed by atoms with Crippen LogP contribution in [-0.4, -0.2) is 78.6 Å². The number of hydrogen-bond donors (Lipinski definition) is 2. The van der Waals surface area contributed by atoms with Crippen molar-refractivity contribution in [2.75, 3.05) is 38.6 Å². The third-order valence-electron chi connectivity index (χ3n) is 8.16. The highest BCUT2D eigenvalue weighted by molar-refractivity contribution is 7.89. The quantitative estimate of drug-likeness (QED) is 0.503. The van der Waals surface area contributed by atoms with E-state index in [9.17, 15) is 27.1 Å². The molecule has 8 nitrogen and oxygen atoms in total. The van der Waals surface area contributed by atoms with Crippen LogP contribution in [0.25, 0.3) is 0 Å². The molecule has 202 valence electrons. The molecule has 3 fully saturated rings. The molecule has 2 heterocycles. The Morgan fingerprint density at radius 3 is 2.33 bits per heavy atom. The number of nitrogens with zero attached hydrogens (tertiary/aromatic N) is 2. The van der Waals surface area contributed by atoms with Gasteiger partial charge in [0.15, 0.2) is 17.4 Å². The Balaban J connectivity index is 1.35. The van der Waals surface area contributed by atoms with Crippen molar-refractivity contribution in [3.63, 3.8) is 0 Å². The second-order valence-corrected chi connectivity index (χ2v) is 12.8. The van der Waals surface area contributed by atoms with Gasteiger partial charge in [-0.2, -0.15) is 0 Å². The van der Waals surface area contributed by atoms with Crippen molar-refractivity contribution in [1.29, 1.82) is 0 Å². The first kappa shape index (κ1) is 27.1. The maximum Gasteiger partial charge on any atom is 0.407 e. The van der Waals surface area contributed by atoms with Gasteiger partial charge < -0.3 is 19.8 Å². The molecule has 1 aliphatic carbocycles. The molecular weight excluding hydrogens is 494 g/mol. The fourth-order valence-corrected chi connectivity index (χ4v) is 7.13. The summed E-state index contributed by atoms with van der Waals surface area (Å²) in [6.07, 6.45) is 3.33. The zero-order valence-corrected chi connectivity index (χ0v) is 21.5. The molecular formula is C25H36F2N2O6S. The van der Waals surface area contributed by atoms with E-state index in [-0.39, 0.29) is 61.8 Å². The molecule has 36 heavy (non-hydrogen) atoms. The Labute approximate surface area is 211 Å². The SMILES string of the molecule is CC1(C2CC(COc3c(F)cc(C4CCN(S(=O)(=O)CCCO)CC4)cc3F)CCN2C(=O)O)CC1. The third kappa shape index (κ3) is 5.94. The van der Waals surface area contributed by atoms with Crippen LogP contribution in [0.4, 0.5) is 13.6 Å². The van der Waals surface area contributed by atoms with Crippen molar-refractivity contribution in [2.24, 2.45) is 11.3 Å². The fraction of sp³-hybridized carbons (Fsp3) is 0.720. The van der Waals surface area contributed by atoms with Crippen LogP contribution in [0.3, 0.4) is 0 Å². The summed E-state index contributed by atoms with van der Waals surface area (Å²) >= 11 is 0. The summed E-state index contributed by atoms with van der Waals surface area (Å²) in [5.74, 6) is -2.24. The number of ether oxygens (including phenoxy) is 1. The summed E-state index contributed by atoms with van der Waals surface area (Å²) < 4.78 is 61.4. The van der Waals surface area contributed by atoms with E-state index < -0.39 is 33.5 Å². The predicted molar refractivity (Wildman–Crippen MR) is 129 cm³/mol. The lowest BCUT2D eigenvalue weighted by Gasteiger charge is -2.41. The van der Waals surface area contributed by atoms with Gasteiger partial charge in [-0.25, -0.2) is 26.3 Å². The van der Waals surface area contributed by atoms with Crippen LogP contribution in [0, 0.1) is 23.0 Å². The van der Waals surface area contributed by atoms with E-state index in [0.717, 1.165) is 12.8 Å². The Morgan fingerprint density at radius 1 is 1.14 bits per heavy atom. The summed E-state index contributed by atoms with van der Waals surface area (Å²) in [6, 6.07) is 2.45. The third-order valence-corrected chi connectivity index (χ3v) is 10.1. The van der Waals surface area contributed by atoms with Crippen molar-refractivity contribution in [2.45, 2.75) is 63.8 Å². The van der Waals surface area contributed by atoms with Gasteiger partial charge in [0, 0.05) is 32.3 Å². The first-order valence-corrected chi connectivity index (χ1v) is 14.3. The van der Waals surface area contributed by atoms with Crippen LogP contribution in [-0.2, 0) is 10.0 Å². The molecule has 2 N–H and O–H groups in total. The van der Waals surface area contributed by atoms with Gasteiger partial charge in [0.25, 0.3) is 0 Å². The van der Waals surface area contributed by atoms with Crippen molar-refractivity contribution in [1.82, 2.24) is 9.21 Å². The summed E-state index contributed by atoms with van der Waals surface area (Å²) in [6.45, 7) is 2.96. The molecule has 1 amide bonds. The number of benzene rings is 1. The molecule has 2 unspecified atom stereocenters. The van der Waals surface area contributed by atoms with Crippen LogP contribution in [0.5, 0.6) is 5.75 Å². The van der Waals surface area contributed by atoms with E-state index in [4.69, 9.17) is 9.84 Å². The van der Waals surface area contributed by atoms with Gasteiger partial charge in [0.1, 0.15) is 0 Å². The summed E-state index contributed by atoms with van der Waals surface area (Å²) in [7, 11) is -3.44. The average Bonchev–Trinajstić information content (AvgIpc) is 3.60. The number of carboxylic acid groups (broad SMARTS) is 1. The van der Waals surface area contributed by atoms with Crippen molar-refractivity contribution < 1.29 is 36.9 Å². The first-order valence-electron chi connectivity index (χ1n) is 12.7. The molecule has 2 aliphatic heterocycles. The maximum atomic E-state index is 14.9. The molecule has 0 radical (unpaired) electrons. The molecule has 0 spiro atoms. The van der Waals surface area contributed by atoms with Crippen molar-refractivity contribution in [3.8, 4) is 5.75 Å². The first-order chi connectivity index (χ1) is 17.0. The topological polar surface area (TPSA) is 107 Å². The number of hydrogen-bond acceptors (Lipinski definition) is 5. The summed E-state index contributed by atoms with van der Waals surface area (Å²) in [5.41, 5.74) is 0.462. The van der Waals surface area contributed by atoms with Gasteiger partial charge in [0.2, 0.25) is 10.0 Å². The molecule has 4 rings (SSSR count). The number of amides is 1. The van der Waals surface area contributed by atoms with Gasteiger partial charge in [-0.15, -0.1) is 0 Å². The lowest BCUT2D eigenvalue weighted by molar-refractivity contribution is 0.0480. The minimum Gasteiger partial charge on any atom is -0.487 e. The number of rotatable bonds is 9. The summed E-state index contributed by atoms with van der Waals surface area (Å²) in [4.78, 5) is 13.1. The smallest absolute Gasteiger partial charge is 0.407 e. The minimum atomic E-state index is -3.44.